The molecule has 21 heavy (non-hydrogen) atoms. The van der Waals surface area contributed by atoms with Gasteiger partial charge in [0.2, 0.25) is 5.91 Å². The number of hydrogen-bond acceptors (Lipinski definition) is 5. The van der Waals surface area contributed by atoms with Crippen LogP contribution in [0.5, 0.6) is 0 Å². The maximum atomic E-state index is 12.2. The second-order valence-electron chi connectivity index (χ2n) is 5.22. The average Bonchev–Trinajstić information content (AvgIpc) is 2.55. The maximum Gasteiger partial charge on any atom is 0.241 e. The molecule has 2 aromatic rings. The fourth-order valence-electron chi connectivity index (χ4n) is 2.56. The average molecular weight is 286 g/mol. The highest BCUT2D eigenvalue weighted by Gasteiger charge is 2.26. The summed E-state index contributed by atoms with van der Waals surface area (Å²) >= 11 is 0. The van der Waals surface area contributed by atoms with Gasteiger partial charge in [0.15, 0.2) is 0 Å². The highest BCUT2D eigenvalue weighted by atomic mass is 16.5. The van der Waals surface area contributed by atoms with Gasteiger partial charge in [-0.3, -0.25) is 14.8 Å². The van der Waals surface area contributed by atoms with Crippen molar-refractivity contribution in [2.45, 2.75) is 18.9 Å². The lowest BCUT2D eigenvalue weighted by Crippen LogP contribution is -2.44. The van der Waals surface area contributed by atoms with Crippen LogP contribution >= 0.6 is 0 Å². The Morgan fingerprint density at radius 1 is 1.24 bits per heavy atom. The topological polar surface area (TPSA) is 90.1 Å². The molecule has 3 rings (SSSR count). The standard InChI is InChI=1S/C15H18N4O2/c16-14(10-3-7-21-8-4-10)15(20)19-11-1-2-12-13(9-11)18-6-5-17-12/h1-2,5-6,9-10,14H,3-4,7-8,16H2,(H,19,20). The van der Waals surface area contributed by atoms with Crippen molar-refractivity contribution in [2.24, 2.45) is 11.7 Å². The van der Waals surface area contributed by atoms with E-state index < -0.39 is 6.04 Å². The molecule has 1 aliphatic rings. The zero-order valence-electron chi connectivity index (χ0n) is 11.7. The van der Waals surface area contributed by atoms with Crippen LogP contribution in [0.4, 0.5) is 5.69 Å². The molecule has 1 fully saturated rings. The van der Waals surface area contributed by atoms with Crippen LogP contribution in [0.15, 0.2) is 30.6 Å². The summed E-state index contributed by atoms with van der Waals surface area (Å²) < 4.78 is 5.29. The number of nitrogens with one attached hydrogen (secondary N) is 1. The van der Waals surface area contributed by atoms with Crippen LogP contribution in [0.2, 0.25) is 0 Å². The van der Waals surface area contributed by atoms with E-state index in [1.807, 2.05) is 12.1 Å². The number of fused-ring (bicyclic) bond motifs is 1. The van der Waals surface area contributed by atoms with Crippen LogP contribution in [0.3, 0.4) is 0 Å². The van der Waals surface area contributed by atoms with Gasteiger partial charge in [-0.05, 0) is 37.0 Å². The number of carbonyl (C=O) groups is 1. The van der Waals surface area contributed by atoms with Crippen molar-refractivity contribution in [3.8, 4) is 0 Å². The van der Waals surface area contributed by atoms with E-state index in [0.717, 1.165) is 23.9 Å². The van der Waals surface area contributed by atoms with Gasteiger partial charge in [-0.25, -0.2) is 0 Å². The number of ether oxygens (including phenoxy) is 1. The van der Waals surface area contributed by atoms with Crippen LogP contribution in [-0.2, 0) is 9.53 Å². The van der Waals surface area contributed by atoms with Crippen molar-refractivity contribution in [1.29, 1.82) is 0 Å². The monoisotopic (exact) mass is 286 g/mol. The summed E-state index contributed by atoms with van der Waals surface area (Å²) in [5.41, 5.74) is 8.29. The molecule has 0 spiro atoms. The molecule has 0 radical (unpaired) electrons. The summed E-state index contributed by atoms with van der Waals surface area (Å²) in [6, 6.07) is 4.94. The summed E-state index contributed by atoms with van der Waals surface area (Å²) in [5, 5.41) is 2.86. The Morgan fingerprint density at radius 3 is 2.71 bits per heavy atom. The zero-order valence-corrected chi connectivity index (χ0v) is 11.7. The molecule has 6 nitrogen and oxygen atoms in total. The quantitative estimate of drug-likeness (QED) is 0.888. The van der Waals surface area contributed by atoms with E-state index in [2.05, 4.69) is 15.3 Å². The Labute approximate surface area is 122 Å². The first-order valence-electron chi connectivity index (χ1n) is 7.09. The van der Waals surface area contributed by atoms with Gasteiger partial charge in [-0.15, -0.1) is 0 Å². The van der Waals surface area contributed by atoms with E-state index in [4.69, 9.17) is 10.5 Å². The predicted octanol–water partition coefficient (Wildman–Crippen LogP) is 1.32. The molecular weight excluding hydrogens is 268 g/mol. The molecule has 3 N–H and O–H groups in total. The summed E-state index contributed by atoms with van der Waals surface area (Å²) in [6.07, 6.45) is 4.93. The van der Waals surface area contributed by atoms with Gasteiger partial charge in [0.05, 0.1) is 17.1 Å². The second kappa shape index (κ2) is 6.15. The zero-order chi connectivity index (χ0) is 14.7. The van der Waals surface area contributed by atoms with Crippen LogP contribution in [0.25, 0.3) is 11.0 Å². The minimum absolute atomic E-state index is 0.162. The van der Waals surface area contributed by atoms with Gasteiger partial charge < -0.3 is 15.8 Å². The molecule has 1 aromatic carbocycles. The Bertz CT molecular complexity index is 640. The first-order chi connectivity index (χ1) is 10.2. The molecule has 1 unspecified atom stereocenters. The summed E-state index contributed by atoms with van der Waals surface area (Å²) in [7, 11) is 0. The fourth-order valence-corrected chi connectivity index (χ4v) is 2.56. The van der Waals surface area contributed by atoms with Gasteiger partial charge >= 0.3 is 0 Å². The van der Waals surface area contributed by atoms with E-state index in [0.29, 0.717) is 18.9 Å². The van der Waals surface area contributed by atoms with E-state index in [9.17, 15) is 4.79 Å². The minimum Gasteiger partial charge on any atom is -0.381 e. The molecule has 1 aliphatic heterocycles. The van der Waals surface area contributed by atoms with Gasteiger partial charge in [0.25, 0.3) is 0 Å². The Kier molecular flexibility index (Phi) is 4.08. The molecular formula is C15H18N4O2. The normalized spacial score (nSPS) is 17.6. The number of anilines is 1. The molecule has 1 saturated heterocycles. The number of benzene rings is 1. The van der Waals surface area contributed by atoms with Crippen LogP contribution in [0.1, 0.15) is 12.8 Å². The lowest BCUT2D eigenvalue weighted by molar-refractivity contribution is -0.119. The second-order valence-corrected chi connectivity index (χ2v) is 5.22. The molecule has 0 aliphatic carbocycles. The van der Waals surface area contributed by atoms with Crippen molar-refractivity contribution in [3.63, 3.8) is 0 Å². The van der Waals surface area contributed by atoms with Gasteiger partial charge in [-0.2, -0.15) is 0 Å². The molecule has 1 aromatic heterocycles. The largest absolute Gasteiger partial charge is 0.381 e. The smallest absolute Gasteiger partial charge is 0.241 e. The Balaban J connectivity index is 1.70. The van der Waals surface area contributed by atoms with Gasteiger partial charge in [0, 0.05) is 31.3 Å². The number of rotatable bonds is 3. The fraction of sp³-hybridized carbons (Fsp3) is 0.400. The highest BCUT2D eigenvalue weighted by Crippen LogP contribution is 2.20. The predicted molar refractivity (Wildman–Crippen MR) is 79.7 cm³/mol. The number of amides is 1. The number of nitrogens with two attached hydrogens (primary N) is 1. The summed E-state index contributed by atoms with van der Waals surface area (Å²) in [5.74, 6) is 0.0177. The van der Waals surface area contributed by atoms with Crippen molar-refractivity contribution >= 4 is 22.6 Å². The van der Waals surface area contributed by atoms with Crippen LogP contribution in [-0.4, -0.2) is 35.1 Å². The Hall–Kier alpha value is -2.05. The number of aromatic nitrogens is 2. The molecule has 110 valence electrons. The van der Waals surface area contributed by atoms with E-state index in [1.54, 1.807) is 18.5 Å². The number of hydrogen-bond donors (Lipinski definition) is 2. The van der Waals surface area contributed by atoms with Gasteiger partial charge in [-0.1, -0.05) is 0 Å². The van der Waals surface area contributed by atoms with Crippen LogP contribution < -0.4 is 11.1 Å². The van der Waals surface area contributed by atoms with E-state index in [1.165, 1.54) is 0 Å². The third kappa shape index (κ3) is 3.17. The van der Waals surface area contributed by atoms with Crippen molar-refractivity contribution < 1.29 is 9.53 Å². The minimum atomic E-state index is -0.508. The molecule has 1 amide bonds. The first-order valence-corrected chi connectivity index (χ1v) is 7.09. The number of carbonyl (C=O) groups excluding carboxylic acids is 1. The third-order valence-electron chi connectivity index (χ3n) is 3.81. The first kappa shape index (κ1) is 13.9. The molecule has 6 heteroatoms. The lowest BCUT2D eigenvalue weighted by Gasteiger charge is -2.26. The Morgan fingerprint density at radius 2 is 1.95 bits per heavy atom. The van der Waals surface area contributed by atoms with E-state index in [-0.39, 0.29) is 11.8 Å². The SMILES string of the molecule is NC(C(=O)Nc1ccc2nccnc2c1)C1CCOCC1. The van der Waals surface area contributed by atoms with Crippen molar-refractivity contribution in [1.82, 2.24) is 9.97 Å². The summed E-state index contributed by atoms with van der Waals surface area (Å²) in [4.78, 5) is 20.7. The molecule has 2 heterocycles. The summed E-state index contributed by atoms with van der Waals surface area (Å²) in [6.45, 7) is 1.36. The van der Waals surface area contributed by atoms with E-state index >= 15 is 0 Å². The van der Waals surface area contributed by atoms with Crippen LogP contribution in [0, 0.1) is 5.92 Å². The highest BCUT2D eigenvalue weighted by molar-refractivity contribution is 5.96. The third-order valence-corrected chi connectivity index (χ3v) is 3.81. The molecule has 0 bridgehead atoms. The lowest BCUT2D eigenvalue weighted by atomic mass is 9.92. The van der Waals surface area contributed by atoms with Crippen molar-refractivity contribution in [3.05, 3.63) is 30.6 Å². The van der Waals surface area contributed by atoms with Crippen molar-refractivity contribution in [2.75, 3.05) is 18.5 Å². The molecule has 0 saturated carbocycles. The maximum absolute atomic E-state index is 12.2. The number of nitrogens with zero attached hydrogens (tertiary/aromatic N) is 2. The van der Waals surface area contributed by atoms with Gasteiger partial charge in [0.1, 0.15) is 0 Å². The molecule has 1 atom stereocenters.